The van der Waals surface area contributed by atoms with E-state index in [2.05, 4.69) is 22.2 Å². The average molecular weight is 195 g/mol. The molecular formula is C10H17N3O. The van der Waals surface area contributed by atoms with Gasteiger partial charge in [-0.1, -0.05) is 0 Å². The molecule has 14 heavy (non-hydrogen) atoms. The highest BCUT2D eigenvalue weighted by atomic mass is 16.5. The monoisotopic (exact) mass is 195 g/mol. The molecule has 1 heterocycles. The van der Waals surface area contributed by atoms with E-state index in [1.54, 1.807) is 12.4 Å². The SMILES string of the molecule is CCOCC(C)Nc1nccnc1C. The largest absolute Gasteiger partial charge is 0.380 e. The molecule has 4 nitrogen and oxygen atoms in total. The van der Waals surface area contributed by atoms with Crippen LogP contribution >= 0.6 is 0 Å². The number of nitrogens with one attached hydrogen (secondary N) is 1. The second-order valence-electron chi connectivity index (χ2n) is 3.20. The van der Waals surface area contributed by atoms with Crippen LogP contribution in [0.3, 0.4) is 0 Å². The molecule has 0 bridgehead atoms. The van der Waals surface area contributed by atoms with Crippen LogP contribution in [0.1, 0.15) is 19.5 Å². The van der Waals surface area contributed by atoms with Crippen molar-refractivity contribution in [3.63, 3.8) is 0 Å². The number of rotatable bonds is 5. The number of aromatic nitrogens is 2. The van der Waals surface area contributed by atoms with Crippen molar-refractivity contribution in [1.29, 1.82) is 0 Å². The molecule has 78 valence electrons. The van der Waals surface area contributed by atoms with Gasteiger partial charge in [0.25, 0.3) is 0 Å². The molecule has 0 saturated heterocycles. The molecule has 0 radical (unpaired) electrons. The highest BCUT2D eigenvalue weighted by Gasteiger charge is 2.04. The molecular weight excluding hydrogens is 178 g/mol. The molecule has 1 N–H and O–H groups in total. The third-order valence-electron chi connectivity index (χ3n) is 1.84. The van der Waals surface area contributed by atoms with Crippen molar-refractivity contribution < 1.29 is 4.74 Å². The summed E-state index contributed by atoms with van der Waals surface area (Å²) in [6.45, 7) is 7.41. The van der Waals surface area contributed by atoms with Crippen LogP contribution in [0, 0.1) is 6.92 Å². The Hall–Kier alpha value is -1.16. The summed E-state index contributed by atoms with van der Waals surface area (Å²) in [5.41, 5.74) is 0.913. The minimum atomic E-state index is 0.255. The van der Waals surface area contributed by atoms with Crippen molar-refractivity contribution in [2.75, 3.05) is 18.5 Å². The van der Waals surface area contributed by atoms with Crippen LogP contribution in [0.15, 0.2) is 12.4 Å². The Morgan fingerprint density at radius 1 is 1.43 bits per heavy atom. The summed E-state index contributed by atoms with van der Waals surface area (Å²) in [7, 11) is 0. The van der Waals surface area contributed by atoms with Gasteiger partial charge in [-0.25, -0.2) is 4.98 Å². The van der Waals surface area contributed by atoms with Gasteiger partial charge in [-0.3, -0.25) is 4.98 Å². The normalized spacial score (nSPS) is 12.5. The summed E-state index contributed by atoms with van der Waals surface area (Å²) in [5.74, 6) is 0.833. The standard InChI is InChI=1S/C10H17N3O/c1-4-14-7-8(2)13-10-9(3)11-5-6-12-10/h5-6,8H,4,7H2,1-3H3,(H,12,13). The predicted molar refractivity (Wildman–Crippen MR) is 56.3 cm³/mol. The van der Waals surface area contributed by atoms with Crippen LogP contribution in [-0.4, -0.2) is 29.2 Å². The molecule has 0 aromatic carbocycles. The zero-order valence-corrected chi connectivity index (χ0v) is 8.95. The van der Waals surface area contributed by atoms with Gasteiger partial charge in [-0.15, -0.1) is 0 Å². The first kappa shape index (κ1) is 10.9. The van der Waals surface area contributed by atoms with Gasteiger partial charge in [0.05, 0.1) is 12.3 Å². The molecule has 0 aliphatic heterocycles. The van der Waals surface area contributed by atoms with Gasteiger partial charge in [0.15, 0.2) is 0 Å². The molecule has 1 atom stereocenters. The fraction of sp³-hybridized carbons (Fsp3) is 0.600. The predicted octanol–water partition coefficient (Wildman–Crippen LogP) is 1.62. The maximum absolute atomic E-state index is 5.30. The second kappa shape index (κ2) is 5.54. The number of anilines is 1. The van der Waals surface area contributed by atoms with E-state index in [4.69, 9.17) is 4.74 Å². The van der Waals surface area contributed by atoms with Crippen molar-refractivity contribution in [2.45, 2.75) is 26.8 Å². The van der Waals surface area contributed by atoms with Crippen molar-refractivity contribution in [2.24, 2.45) is 0 Å². The molecule has 1 aromatic heterocycles. The van der Waals surface area contributed by atoms with E-state index < -0.39 is 0 Å². The molecule has 1 aromatic rings. The van der Waals surface area contributed by atoms with E-state index in [0.29, 0.717) is 6.61 Å². The van der Waals surface area contributed by atoms with Crippen molar-refractivity contribution >= 4 is 5.82 Å². The van der Waals surface area contributed by atoms with E-state index in [1.165, 1.54) is 0 Å². The van der Waals surface area contributed by atoms with Gasteiger partial charge < -0.3 is 10.1 Å². The first-order chi connectivity index (χ1) is 6.74. The number of hydrogen-bond donors (Lipinski definition) is 1. The summed E-state index contributed by atoms with van der Waals surface area (Å²) < 4.78 is 5.30. The Morgan fingerprint density at radius 2 is 2.14 bits per heavy atom. The summed E-state index contributed by atoms with van der Waals surface area (Å²) in [4.78, 5) is 8.34. The third kappa shape index (κ3) is 3.30. The lowest BCUT2D eigenvalue weighted by atomic mass is 10.3. The lowest BCUT2D eigenvalue weighted by Gasteiger charge is -2.14. The zero-order valence-electron chi connectivity index (χ0n) is 8.95. The van der Waals surface area contributed by atoms with Crippen LogP contribution < -0.4 is 5.32 Å². The Labute approximate surface area is 84.7 Å². The maximum atomic E-state index is 5.30. The summed E-state index contributed by atoms with van der Waals surface area (Å²) in [6, 6.07) is 0.255. The van der Waals surface area contributed by atoms with Crippen LogP contribution in [0.4, 0.5) is 5.82 Å². The fourth-order valence-electron chi connectivity index (χ4n) is 1.12. The lowest BCUT2D eigenvalue weighted by molar-refractivity contribution is 0.141. The minimum Gasteiger partial charge on any atom is -0.380 e. The molecule has 0 spiro atoms. The van der Waals surface area contributed by atoms with Crippen molar-refractivity contribution in [3.05, 3.63) is 18.1 Å². The van der Waals surface area contributed by atoms with E-state index in [9.17, 15) is 0 Å². The maximum Gasteiger partial charge on any atom is 0.147 e. The fourth-order valence-corrected chi connectivity index (χ4v) is 1.12. The Kier molecular flexibility index (Phi) is 4.32. The van der Waals surface area contributed by atoms with Gasteiger partial charge in [0.2, 0.25) is 0 Å². The third-order valence-corrected chi connectivity index (χ3v) is 1.84. The summed E-state index contributed by atoms with van der Waals surface area (Å²) in [6.07, 6.45) is 3.37. The Bertz CT molecular complexity index is 278. The van der Waals surface area contributed by atoms with Crippen molar-refractivity contribution in [3.8, 4) is 0 Å². The molecule has 0 saturated carbocycles. The van der Waals surface area contributed by atoms with Crippen LogP contribution in [0.2, 0.25) is 0 Å². The summed E-state index contributed by atoms with van der Waals surface area (Å²) in [5, 5.41) is 3.25. The molecule has 0 fully saturated rings. The number of ether oxygens (including phenoxy) is 1. The van der Waals surface area contributed by atoms with E-state index in [1.807, 2.05) is 13.8 Å². The lowest BCUT2D eigenvalue weighted by Crippen LogP contribution is -2.23. The van der Waals surface area contributed by atoms with E-state index >= 15 is 0 Å². The molecule has 4 heteroatoms. The number of nitrogens with zero attached hydrogens (tertiary/aromatic N) is 2. The number of aryl methyl sites for hydroxylation is 1. The topological polar surface area (TPSA) is 47.0 Å². The smallest absolute Gasteiger partial charge is 0.147 e. The Balaban J connectivity index is 2.47. The van der Waals surface area contributed by atoms with Gasteiger partial charge in [-0.05, 0) is 20.8 Å². The Morgan fingerprint density at radius 3 is 2.79 bits per heavy atom. The zero-order chi connectivity index (χ0) is 10.4. The van der Waals surface area contributed by atoms with Gasteiger partial charge in [0.1, 0.15) is 5.82 Å². The molecule has 0 aliphatic rings. The van der Waals surface area contributed by atoms with Gasteiger partial charge >= 0.3 is 0 Å². The highest BCUT2D eigenvalue weighted by Crippen LogP contribution is 2.07. The number of hydrogen-bond acceptors (Lipinski definition) is 4. The van der Waals surface area contributed by atoms with Crippen LogP contribution in [0.25, 0.3) is 0 Å². The van der Waals surface area contributed by atoms with Gasteiger partial charge in [-0.2, -0.15) is 0 Å². The van der Waals surface area contributed by atoms with Crippen molar-refractivity contribution in [1.82, 2.24) is 9.97 Å². The van der Waals surface area contributed by atoms with Crippen LogP contribution in [-0.2, 0) is 4.74 Å². The van der Waals surface area contributed by atoms with E-state index in [0.717, 1.165) is 18.1 Å². The highest BCUT2D eigenvalue weighted by molar-refractivity contribution is 5.39. The van der Waals surface area contributed by atoms with E-state index in [-0.39, 0.29) is 6.04 Å². The van der Waals surface area contributed by atoms with Gasteiger partial charge in [0, 0.05) is 25.0 Å². The average Bonchev–Trinajstić information content (AvgIpc) is 2.18. The molecule has 1 unspecified atom stereocenters. The molecule has 0 aliphatic carbocycles. The molecule has 1 rings (SSSR count). The minimum absolute atomic E-state index is 0.255. The second-order valence-corrected chi connectivity index (χ2v) is 3.20. The summed E-state index contributed by atoms with van der Waals surface area (Å²) >= 11 is 0. The first-order valence-electron chi connectivity index (χ1n) is 4.86. The van der Waals surface area contributed by atoms with Crippen LogP contribution in [0.5, 0.6) is 0 Å². The molecule has 0 amide bonds. The quantitative estimate of drug-likeness (QED) is 0.775. The first-order valence-corrected chi connectivity index (χ1v) is 4.86.